The van der Waals surface area contributed by atoms with Gasteiger partial charge in [-0.2, -0.15) is 10.2 Å². The molecule has 122 valence electrons. The molecule has 1 aromatic heterocycles. The van der Waals surface area contributed by atoms with E-state index in [1.165, 1.54) is 12.4 Å². The number of hydrogen-bond acceptors (Lipinski definition) is 4. The number of amides is 2. The highest BCUT2D eigenvalue weighted by Crippen LogP contribution is 2.37. The quantitative estimate of drug-likeness (QED) is 0.796. The summed E-state index contributed by atoms with van der Waals surface area (Å²) in [6.45, 7) is 5.64. The fraction of sp³-hybridized carbons (Fsp3) is 0.529. The third-order valence-corrected chi connectivity index (χ3v) is 4.89. The highest BCUT2D eigenvalue weighted by atomic mass is 16.2. The summed E-state index contributed by atoms with van der Waals surface area (Å²) in [7, 11) is 0. The lowest BCUT2D eigenvalue weighted by atomic mass is 9.79. The molecule has 0 N–H and O–H groups in total. The molecule has 0 saturated carbocycles. The van der Waals surface area contributed by atoms with Crippen molar-refractivity contribution in [3.63, 3.8) is 0 Å². The molecule has 2 aliphatic rings. The van der Waals surface area contributed by atoms with E-state index < -0.39 is 0 Å². The molecule has 0 radical (unpaired) electrons. The van der Waals surface area contributed by atoms with Crippen molar-refractivity contribution in [2.75, 3.05) is 19.6 Å². The molecule has 2 saturated heterocycles. The first-order valence-electron chi connectivity index (χ1n) is 8.14. The fourth-order valence-corrected chi connectivity index (χ4v) is 3.84. The molecule has 6 nitrogen and oxygen atoms in total. The maximum Gasteiger partial charge on any atom is 0.255 e. The van der Waals surface area contributed by atoms with Gasteiger partial charge in [0.15, 0.2) is 0 Å². The summed E-state index contributed by atoms with van der Waals surface area (Å²) in [6, 6.07) is 1.68. The van der Waals surface area contributed by atoms with Crippen molar-refractivity contribution in [2.24, 2.45) is 0 Å². The van der Waals surface area contributed by atoms with Crippen LogP contribution in [0.5, 0.6) is 0 Å². The van der Waals surface area contributed by atoms with E-state index in [1.807, 2.05) is 9.80 Å². The number of nitrogens with zero attached hydrogens (tertiary/aromatic N) is 4. The van der Waals surface area contributed by atoms with Gasteiger partial charge in [0.1, 0.15) is 0 Å². The Morgan fingerprint density at radius 2 is 2.17 bits per heavy atom. The van der Waals surface area contributed by atoms with Crippen LogP contribution >= 0.6 is 0 Å². The second kappa shape index (κ2) is 6.48. The number of rotatable bonds is 3. The third-order valence-electron chi connectivity index (χ3n) is 4.89. The summed E-state index contributed by atoms with van der Waals surface area (Å²) in [6.07, 6.45) is 9.10. The molecule has 3 rings (SSSR count). The maximum absolute atomic E-state index is 12.7. The summed E-state index contributed by atoms with van der Waals surface area (Å²) in [4.78, 5) is 28.9. The molecule has 2 fully saturated rings. The van der Waals surface area contributed by atoms with Crippen LogP contribution < -0.4 is 0 Å². The van der Waals surface area contributed by atoms with E-state index in [4.69, 9.17) is 0 Å². The van der Waals surface area contributed by atoms with E-state index in [0.29, 0.717) is 25.1 Å². The number of aromatic nitrogens is 2. The molecule has 0 aliphatic carbocycles. The first-order valence-corrected chi connectivity index (χ1v) is 8.14. The predicted molar refractivity (Wildman–Crippen MR) is 85.7 cm³/mol. The standard InChI is InChI=1S/C17H22N4O2/c1-2-10-21-15(22)5-3-7-17(21)8-4-11-20(13-17)16(23)14-6-9-18-19-12-14/h2,6,9,12H,1,3-5,7-8,10-11,13H2/t17-/m1/s1. The molecule has 0 unspecified atom stereocenters. The molecule has 1 spiro atoms. The van der Waals surface area contributed by atoms with Gasteiger partial charge in [-0.25, -0.2) is 0 Å². The Morgan fingerprint density at radius 1 is 1.35 bits per heavy atom. The van der Waals surface area contributed by atoms with Crippen LogP contribution in [-0.2, 0) is 4.79 Å². The first-order chi connectivity index (χ1) is 11.2. The van der Waals surface area contributed by atoms with Crippen molar-refractivity contribution in [3.8, 4) is 0 Å². The fourth-order valence-electron chi connectivity index (χ4n) is 3.84. The second-order valence-electron chi connectivity index (χ2n) is 6.33. The Bertz CT molecular complexity index is 600. The van der Waals surface area contributed by atoms with Gasteiger partial charge in [-0.05, 0) is 31.7 Å². The smallest absolute Gasteiger partial charge is 0.255 e. The van der Waals surface area contributed by atoms with Crippen LogP contribution in [-0.4, -0.2) is 57.0 Å². The molecule has 0 aromatic carbocycles. The molecular formula is C17H22N4O2. The zero-order chi connectivity index (χ0) is 16.3. The van der Waals surface area contributed by atoms with Crippen LogP contribution in [0.15, 0.2) is 31.1 Å². The van der Waals surface area contributed by atoms with E-state index in [1.54, 1.807) is 12.1 Å². The van der Waals surface area contributed by atoms with Gasteiger partial charge in [0, 0.05) is 26.1 Å². The lowest BCUT2D eigenvalue weighted by molar-refractivity contribution is -0.143. The zero-order valence-electron chi connectivity index (χ0n) is 13.3. The number of carbonyl (C=O) groups excluding carboxylic acids is 2. The first kappa shape index (κ1) is 15.6. The molecule has 1 aromatic rings. The summed E-state index contributed by atoms with van der Waals surface area (Å²) in [5.41, 5.74) is 0.312. The average molecular weight is 314 g/mol. The highest BCUT2D eigenvalue weighted by molar-refractivity contribution is 5.94. The Morgan fingerprint density at radius 3 is 2.91 bits per heavy atom. The van der Waals surface area contributed by atoms with Crippen LogP contribution in [0.25, 0.3) is 0 Å². The van der Waals surface area contributed by atoms with Crippen molar-refractivity contribution in [2.45, 2.75) is 37.6 Å². The summed E-state index contributed by atoms with van der Waals surface area (Å²) in [5.74, 6) is 0.145. The summed E-state index contributed by atoms with van der Waals surface area (Å²) < 4.78 is 0. The van der Waals surface area contributed by atoms with Gasteiger partial charge in [-0.3, -0.25) is 9.59 Å². The number of piperidine rings is 2. The van der Waals surface area contributed by atoms with Gasteiger partial charge >= 0.3 is 0 Å². The minimum absolute atomic E-state index is 0.0319. The molecular weight excluding hydrogens is 292 g/mol. The van der Waals surface area contributed by atoms with Crippen LogP contribution in [0.4, 0.5) is 0 Å². The Hall–Kier alpha value is -2.24. The van der Waals surface area contributed by atoms with E-state index in [2.05, 4.69) is 16.8 Å². The summed E-state index contributed by atoms with van der Waals surface area (Å²) in [5, 5.41) is 7.50. The van der Waals surface area contributed by atoms with Crippen LogP contribution in [0, 0.1) is 0 Å². The predicted octanol–water partition coefficient (Wildman–Crippen LogP) is 1.65. The monoisotopic (exact) mass is 314 g/mol. The SMILES string of the molecule is C=CCN1C(=O)CCC[C@]12CCCN(C(=O)c1ccnnc1)C2. The molecule has 2 aliphatic heterocycles. The Labute approximate surface area is 136 Å². The number of carbonyl (C=O) groups is 2. The Balaban J connectivity index is 1.82. The summed E-state index contributed by atoms with van der Waals surface area (Å²) >= 11 is 0. The topological polar surface area (TPSA) is 66.4 Å². The molecule has 3 heterocycles. The normalized spacial score (nSPS) is 24.8. The zero-order valence-corrected chi connectivity index (χ0v) is 13.3. The van der Waals surface area contributed by atoms with E-state index in [-0.39, 0.29) is 17.4 Å². The average Bonchev–Trinajstić information content (AvgIpc) is 2.59. The molecule has 2 amide bonds. The number of likely N-dealkylation sites (tertiary alicyclic amines) is 2. The van der Waals surface area contributed by atoms with Gasteiger partial charge in [-0.15, -0.1) is 6.58 Å². The molecule has 23 heavy (non-hydrogen) atoms. The van der Waals surface area contributed by atoms with Crippen molar-refractivity contribution >= 4 is 11.8 Å². The van der Waals surface area contributed by atoms with Crippen molar-refractivity contribution in [1.29, 1.82) is 0 Å². The maximum atomic E-state index is 12.7. The molecule has 0 bridgehead atoms. The van der Waals surface area contributed by atoms with Crippen LogP contribution in [0.1, 0.15) is 42.5 Å². The highest BCUT2D eigenvalue weighted by Gasteiger charge is 2.45. The lowest BCUT2D eigenvalue weighted by Gasteiger charge is -2.51. The van der Waals surface area contributed by atoms with Gasteiger partial charge in [-0.1, -0.05) is 6.08 Å². The minimum atomic E-state index is -0.238. The lowest BCUT2D eigenvalue weighted by Crippen LogP contribution is -2.63. The second-order valence-corrected chi connectivity index (χ2v) is 6.33. The van der Waals surface area contributed by atoms with Crippen LogP contribution in [0.3, 0.4) is 0 Å². The van der Waals surface area contributed by atoms with Gasteiger partial charge in [0.2, 0.25) is 5.91 Å². The van der Waals surface area contributed by atoms with Gasteiger partial charge in [0.25, 0.3) is 5.91 Å². The largest absolute Gasteiger partial charge is 0.336 e. The Kier molecular flexibility index (Phi) is 4.41. The molecule has 1 atom stereocenters. The van der Waals surface area contributed by atoms with E-state index >= 15 is 0 Å². The van der Waals surface area contributed by atoms with E-state index in [9.17, 15) is 9.59 Å². The van der Waals surface area contributed by atoms with Gasteiger partial charge in [0.05, 0.1) is 23.5 Å². The van der Waals surface area contributed by atoms with Crippen LogP contribution in [0.2, 0.25) is 0 Å². The third kappa shape index (κ3) is 2.98. The molecule has 6 heteroatoms. The van der Waals surface area contributed by atoms with Crippen molar-refractivity contribution in [1.82, 2.24) is 20.0 Å². The van der Waals surface area contributed by atoms with E-state index in [0.717, 1.165) is 32.2 Å². The minimum Gasteiger partial charge on any atom is -0.336 e. The van der Waals surface area contributed by atoms with Gasteiger partial charge < -0.3 is 9.80 Å². The van der Waals surface area contributed by atoms with Crippen molar-refractivity contribution in [3.05, 3.63) is 36.7 Å². The number of hydrogen-bond donors (Lipinski definition) is 0. The van der Waals surface area contributed by atoms with Crippen molar-refractivity contribution < 1.29 is 9.59 Å².